The second-order valence-electron chi connectivity index (χ2n) is 5.48. The number of halogens is 1. The molecule has 0 unspecified atom stereocenters. The summed E-state index contributed by atoms with van der Waals surface area (Å²) >= 11 is 9.90. The standard InChI is InChI=1S/C16H16BrNO4S2/c1-21-12-6-9(5-11(17)14(12)19)7-13-15(20)18(16(23)24-13)8-10-3-2-4-22-10/h5-7,10,19H,2-4,8H2,1H3/b13-7-/t10-/m1/s1. The zero-order valence-electron chi connectivity index (χ0n) is 13.0. The lowest BCUT2D eigenvalue weighted by Crippen LogP contribution is -2.35. The van der Waals surface area contributed by atoms with Gasteiger partial charge in [-0.05, 0) is 52.5 Å². The van der Waals surface area contributed by atoms with E-state index in [0.717, 1.165) is 25.0 Å². The molecular formula is C16H16BrNO4S2. The molecule has 8 heteroatoms. The van der Waals surface area contributed by atoms with Gasteiger partial charge in [-0.1, -0.05) is 24.0 Å². The monoisotopic (exact) mass is 429 g/mol. The molecule has 2 saturated heterocycles. The van der Waals surface area contributed by atoms with Crippen LogP contribution in [0.4, 0.5) is 0 Å². The average molecular weight is 430 g/mol. The molecule has 5 nitrogen and oxygen atoms in total. The second kappa shape index (κ2) is 7.43. The number of rotatable bonds is 4. The van der Waals surface area contributed by atoms with Gasteiger partial charge in [-0.15, -0.1) is 0 Å². The van der Waals surface area contributed by atoms with Crippen LogP contribution in [0.2, 0.25) is 0 Å². The molecule has 0 aliphatic carbocycles. The highest BCUT2D eigenvalue weighted by atomic mass is 79.9. The lowest BCUT2D eigenvalue weighted by atomic mass is 10.2. The van der Waals surface area contributed by atoms with Crippen molar-refractivity contribution in [2.24, 2.45) is 0 Å². The van der Waals surface area contributed by atoms with Gasteiger partial charge in [0, 0.05) is 6.61 Å². The molecule has 2 heterocycles. The molecule has 0 spiro atoms. The number of hydrogen-bond donors (Lipinski definition) is 1. The summed E-state index contributed by atoms with van der Waals surface area (Å²) in [6.07, 6.45) is 3.80. The Morgan fingerprint density at radius 1 is 1.58 bits per heavy atom. The van der Waals surface area contributed by atoms with E-state index in [1.165, 1.54) is 18.9 Å². The van der Waals surface area contributed by atoms with Gasteiger partial charge >= 0.3 is 0 Å². The zero-order chi connectivity index (χ0) is 17.3. The molecule has 2 aliphatic rings. The van der Waals surface area contributed by atoms with E-state index in [-0.39, 0.29) is 17.8 Å². The van der Waals surface area contributed by atoms with Crippen LogP contribution in [0.3, 0.4) is 0 Å². The van der Waals surface area contributed by atoms with Crippen molar-refractivity contribution in [2.45, 2.75) is 18.9 Å². The van der Waals surface area contributed by atoms with Crippen LogP contribution >= 0.6 is 39.9 Å². The van der Waals surface area contributed by atoms with E-state index < -0.39 is 0 Å². The topological polar surface area (TPSA) is 59.0 Å². The number of phenolic OH excluding ortho intramolecular Hbond substituents is 1. The van der Waals surface area contributed by atoms with Gasteiger partial charge in [-0.2, -0.15) is 0 Å². The molecule has 1 aromatic carbocycles. The van der Waals surface area contributed by atoms with Crippen molar-refractivity contribution in [3.63, 3.8) is 0 Å². The normalized spacial score (nSPS) is 22.7. The summed E-state index contributed by atoms with van der Waals surface area (Å²) in [5.41, 5.74) is 0.745. The van der Waals surface area contributed by atoms with E-state index in [2.05, 4.69) is 15.9 Å². The van der Waals surface area contributed by atoms with Crippen LogP contribution in [0.15, 0.2) is 21.5 Å². The fourth-order valence-corrected chi connectivity index (χ4v) is 4.37. The van der Waals surface area contributed by atoms with Gasteiger partial charge in [0.05, 0.1) is 29.1 Å². The number of thioether (sulfide) groups is 1. The average Bonchev–Trinajstić information content (AvgIpc) is 3.15. The third-order valence-electron chi connectivity index (χ3n) is 3.85. The van der Waals surface area contributed by atoms with Crippen LogP contribution in [0.5, 0.6) is 11.5 Å². The Hall–Kier alpha value is -1.09. The zero-order valence-corrected chi connectivity index (χ0v) is 16.2. The number of hydrogen-bond acceptors (Lipinski definition) is 6. The number of thiocarbonyl (C=S) groups is 1. The van der Waals surface area contributed by atoms with E-state index in [4.69, 9.17) is 21.7 Å². The molecular weight excluding hydrogens is 414 g/mol. The molecule has 2 aliphatic heterocycles. The van der Waals surface area contributed by atoms with Gasteiger partial charge in [-0.3, -0.25) is 9.69 Å². The molecule has 1 aromatic rings. The first kappa shape index (κ1) is 17.7. The fraction of sp³-hybridized carbons (Fsp3) is 0.375. The Bertz CT molecular complexity index is 716. The van der Waals surface area contributed by atoms with Gasteiger partial charge in [0.15, 0.2) is 11.5 Å². The van der Waals surface area contributed by atoms with Crippen LogP contribution in [-0.2, 0) is 9.53 Å². The highest BCUT2D eigenvalue weighted by molar-refractivity contribution is 9.10. The molecule has 0 bridgehead atoms. The van der Waals surface area contributed by atoms with Crippen molar-refractivity contribution >= 4 is 56.2 Å². The highest BCUT2D eigenvalue weighted by Gasteiger charge is 2.34. The van der Waals surface area contributed by atoms with Crippen LogP contribution in [-0.4, -0.2) is 46.6 Å². The molecule has 1 atom stereocenters. The van der Waals surface area contributed by atoms with Gasteiger partial charge in [0.2, 0.25) is 0 Å². The third-order valence-corrected chi connectivity index (χ3v) is 5.83. The number of aromatic hydroxyl groups is 1. The van der Waals surface area contributed by atoms with Gasteiger partial charge in [-0.25, -0.2) is 0 Å². The molecule has 0 saturated carbocycles. The molecule has 1 amide bonds. The third kappa shape index (κ3) is 3.61. The Balaban J connectivity index is 1.82. The van der Waals surface area contributed by atoms with E-state index in [0.29, 0.717) is 26.0 Å². The first-order chi connectivity index (χ1) is 11.5. The molecule has 3 rings (SSSR count). The quantitative estimate of drug-likeness (QED) is 0.583. The lowest BCUT2D eigenvalue weighted by Gasteiger charge is -2.18. The number of amides is 1. The maximum atomic E-state index is 12.6. The SMILES string of the molecule is COc1cc(/C=C2\SC(=S)N(C[C@H]3CCCO3)C2=O)cc(Br)c1O. The molecule has 0 radical (unpaired) electrons. The van der Waals surface area contributed by atoms with Gasteiger partial charge < -0.3 is 14.6 Å². The number of carbonyl (C=O) groups excluding carboxylic acids is 1. The summed E-state index contributed by atoms with van der Waals surface area (Å²) in [5, 5.41) is 9.87. The van der Waals surface area contributed by atoms with Crippen LogP contribution in [0.25, 0.3) is 6.08 Å². The molecule has 24 heavy (non-hydrogen) atoms. The van der Waals surface area contributed by atoms with Gasteiger partial charge in [0.1, 0.15) is 4.32 Å². The second-order valence-corrected chi connectivity index (χ2v) is 8.01. The van der Waals surface area contributed by atoms with Crippen molar-refractivity contribution in [1.29, 1.82) is 0 Å². The Morgan fingerprint density at radius 2 is 2.38 bits per heavy atom. The van der Waals surface area contributed by atoms with Crippen molar-refractivity contribution in [3.8, 4) is 11.5 Å². The Kier molecular flexibility index (Phi) is 5.49. The molecule has 1 N–H and O–H groups in total. The number of carbonyl (C=O) groups is 1. The van der Waals surface area contributed by atoms with Crippen molar-refractivity contribution in [3.05, 3.63) is 27.1 Å². The smallest absolute Gasteiger partial charge is 0.266 e. The predicted molar refractivity (Wildman–Crippen MR) is 101 cm³/mol. The van der Waals surface area contributed by atoms with Crippen molar-refractivity contribution < 1.29 is 19.4 Å². The summed E-state index contributed by atoms with van der Waals surface area (Å²) in [6.45, 7) is 1.25. The van der Waals surface area contributed by atoms with Crippen LogP contribution in [0.1, 0.15) is 18.4 Å². The fourth-order valence-electron chi connectivity index (χ4n) is 2.63. The van der Waals surface area contributed by atoms with E-state index in [1.54, 1.807) is 23.1 Å². The molecule has 128 valence electrons. The number of phenols is 1. The summed E-state index contributed by atoms with van der Waals surface area (Å²) in [6, 6.07) is 3.40. The summed E-state index contributed by atoms with van der Waals surface area (Å²) in [5.74, 6) is 0.259. The first-order valence-electron chi connectivity index (χ1n) is 7.43. The minimum atomic E-state index is -0.108. The van der Waals surface area contributed by atoms with E-state index in [9.17, 15) is 9.90 Å². The summed E-state index contributed by atoms with van der Waals surface area (Å²) in [4.78, 5) is 14.8. The molecule has 0 aromatic heterocycles. The minimum Gasteiger partial charge on any atom is -0.503 e. The highest BCUT2D eigenvalue weighted by Crippen LogP contribution is 2.38. The van der Waals surface area contributed by atoms with Crippen molar-refractivity contribution in [1.82, 2.24) is 4.90 Å². The minimum absolute atomic E-state index is 0.0283. The largest absolute Gasteiger partial charge is 0.503 e. The molecule has 2 fully saturated rings. The number of nitrogens with zero attached hydrogens (tertiary/aromatic N) is 1. The maximum absolute atomic E-state index is 12.6. The predicted octanol–water partition coefficient (Wildman–Crippen LogP) is 3.54. The summed E-state index contributed by atoms with van der Waals surface area (Å²) < 4.78 is 11.8. The maximum Gasteiger partial charge on any atom is 0.266 e. The first-order valence-corrected chi connectivity index (χ1v) is 9.45. The number of benzene rings is 1. The number of methoxy groups -OCH3 is 1. The Morgan fingerprint density at radius 3 is 3.04 bits per heavy atom. The van der Waals surface area contributed by atoms with Gasteiger partial charge in [0.25, 0.3) is 5.91 Å². The van der Waals surface area contributed by atoms with Crippen LogP contribution < -0.4 is 4.74 Å². The van der Waals surface area contributed by atoms with E-state index in [1.807, 2.05) is 0 Å². The number of ether oxygens (including phenoxy) is 2. The Labute approximate surface area is 158 Å². The van der Waals surface area contributed by atoms with Crippen LogP contribution in [0, 0.1) is 0 Å². The van der Waals surface area contributed by atoms with E-state index >= 15 is 0 Å². The summed E-state index contributed by atoms with van der Waals surface area (Å²) in [7, 11) is 1.48. The lowest BCUT2D eigenvalue weighted by molar-refractivity contribution is -0.123. The van der Waals surface area contributed by atoms with Crippen molar-refractivity contribution in [2.75, 3.05) is 20.3 Å².